The maximum Gasteiger partial charge on any atom is 0.351 e. The van der Waals surface area contributed by atoms with E-state index in [4.69, 9.17) is 14.2 Å². The number of nitro groups is 1. The van der Waals surface area contributed by atoms with Crippen molar-refractivity contribution in [1.82, 2.24) is 0 Å². The Morgan fingerprint density at radius 2 is 1.39 bits per heavy atom. The van der Waals surface area contributed by atoms with E-state index in [2.05, 4.69) is 0 Å². The summed E-state index contributed by atoms with van der Waals surface area (Å²) in [5, 5.41) is 12.1. The van der Waals surface area contributed by atoms with E-state index >= 15 is 0 Å². The SMILES string of the molecule is COC(=O)C1(C(=O)OC)O[C@H](c2ccccc2)[C@H]([N+](=O)[O-])[C@H]1c1ccccc1. The number of benzene rings is 2. The molecule has 3 rings (SSSR count). The van der Waals surface area contributed by atoms with Crippen molar-refractivity contribution in [2.75, 3.05) is 14.2 Å². The standard InChI is InChI=1S/C20H19NO7/c1-26-18(22)20(19(23)27-2)15(13-9-5-3-6-10-13)16(21(24)25)17(28-20)14-11-7-4-8-12-14/h3-12,15-17H,1-2H3/t15-,16-,17-/m1/s1. The number of rotatable bonds is 5. The van der Waals surface area contributed by atoms with Gasteiger partial charge in [-0.05, 0) is 11.1 Å². The predicted molar refractivity (Wildman–Crippen MR) is 97.0 cm³/mol. The maximum atomic E-state index is 12.8. The molecule has 2 aromatic rings. The Bertz CT molecular complexity index is 853. The van der Waals surface area contributed by atoms with Crippen LogP contribution in [0.15, 0.2) is 60.7 Å². The highest BCUT2D eigenvalue weighted by molar-refractivity contribution is 6.05. The molecule has 0 unspecified atom stereocenters. The quantitative estimate of drug-likeness (QED) is 0.336. The van der Waals surface area contributed by atoms with E-state index in [1.165, 1.54) is 0 Å². The molecule has 0 bridgehead atoms. The number of hydrogen-bond acceptors (Lipinski definition) is 7. The van der Waals surface area contributed by atoms with Crippen molar-refractivity contribution in [3.8, 4) is 0 Å². The molecule has 3 atom stereocenters. The summed E-state index contributed by atoms with van der Waals surface area (Å²) >= 11 is 0. The molecule has 1 aliphatic rings. The van der Waals surface area contributed by atoms with Crippen LogP contribution in [0, 0.1) is 10.1 Å². The highest BCUT2D eigenvalue weighted by Crippen LogP contribution is 2.51. The number of methoxy groups -OCH3 is 2. The molecule has 146 valence electrons. The Labute approximate surface area is 161 Å². The summed E-state index contributed by atoms with van der Waals surface area (Å²) in [4.78, 5) is 37.2. The van der Waals surface area contributed by atoms with Crippen LogP contribution in [-0.2, 0) is 23.8 Å². The van der Waals surface area contributed by atoms with Gasteiger partial charge in [-0.15, -0.1) is 0 Å². The van der Waals surface area contributed by atoms with Crippen molar-refractivity contribution in [2.24, 2.45) is 0 Å². The molecule has 1 saturated heterocycles. The second kappa shape index (κ2) is 7.77. The van der Waals surface area contributed by atoms with Gasteiger partial charge in [0.25, 0.3) is 11.6 Å². The maximum absolute atomic E-state index is 12.8. The Balaban J connectivity index is 2.28. The third-order valence-electron chi connectivity index (χ3n) is 4.91. The van der Waals surface area contributed by atoms with Crippen molar-refractivity contribution >= 4 is 11.9 Å². The van der Waals surface area contributed by atoms with Gasteiger partial charge in [-0.3, -0.25) is 10.1 Å². The Morgan fingerprint density at radius 1 is 0.929 bits per heavy atom. The van der Waals surface area contributed by atoms with Gasteiger partial charge in [-0.25, -0.2) is 9.59 Å². The molecule has 0 N–H and O–H groups in total. The zero-order chi connectivity index (χ0) is 20.3. The van der Waals surface area contributed by atoms with Gasteiger partial charge in [0.05, 0.1) is 14.2 Å². The molecular formula is C20H19NO7. The normalized spacial score (nSPS) is 23.0. The second-order valence-electron chi connectivity index (χ2n) is 6.33. The minimum Gasteiger partial charge on any atom is -0.466 e. The van der Waals surface area contributed by atoms with E-state index in [9.17, 15) is 19.7 Å². The molecule has 0 aliphatic carbocycles. The van der Waals surface area contributed by atoms with Crippen LogP contribution in [0.1, 0.15) is 23.1 Å². The molecule has 1 fully saturated rings. The number of nitrogens with zero attached hydrogens (tertiary/aromatic N) is 1. The lowest BCUT2D eigenvalue weighted by Crippen LogP contribution is -2.53. The van der Waals surface area contributed by atoms with E-state index < -0.39 is 40.5 Å². The summed E-state index contributed by atoms with van der Waals surface area (Å²) in [7, 11) is 2.19. The summed E-state index contributed by atoms with van der Waals surface area (Å²) in [6, 6.07) is 15.3. The minimum absolute atomic E-state index is 0.401. The van der Waals surface area contributed by atoms with Crippen molar-refractivity contribution in [3.05, 3.63) is 81.9 Å². The van der Waals surface area contributed by atoms with Crippen LogP contribution in [0.25, 0.3) is 0 Å². The van der Waals surface area contributed by atoms with Crippen LogP contribution in [-0.4, -0.2) is 42.7 Å². The lowest BCUT2D eigenvalue weighted by atomic mass is 9.77. The number of hydrogen-bond donors (Lipinski definition) is 0. The molecule has 0 amide bonds. The summed E-state index contributed by atoms with van der Waals surface area (Å²) in [6.07, 6.45) is -1.15. The lowest BCUT2D eigenvalue weighted by molar-refractivity contribution is -0.531. The van der Waals surface area contributed by atoms with Gasteiger partial charge >= 0.3 is 11.9 Å². The van der Waals surface area contributed by atoms with Crippen molar-refractivity contribution in [2.45, 2.75) is 23.7 Å². The van der Waals surface area contributed by atoms with Crippen molar-refractivity contribution in [1.29, 1.82) is 0 Å². The first-order valence-electron chi connectivity index (χ1n) is 8.55. The molecule has 1 aliphatic heterocycles. The zero-order valence-electron chi connectivity index (χ0n) is 15.3. The fourth-order valence-corrected chi connectivity index (χ4v) is 3.73. The Hall–Kier alpha value is -3.26. The van der Waals surface area contributed by atoms with Crippen molar-refractivity contribution < 1.29 is 28.7 Å². The third kappa shape index (κ3) is 3.01. The fourth-order valence-electron chi connectivity index (χ4n) is 3.73. The molecule has 0 saturated carbocycles. The largest absolute Gasteiger partial charge is 0.466 e. The first-order chi connectivity index (χ1) is 13.5. The van der Waals surface area contributed by atoms with Gasteiger partial charge in [0, 0.05) is 4.92 Å². The molecule has 8 heteroatoms. The summed E-state index contributed by atoms with van der Waals surface area (Å²) in [5.41, 5.74) is -1.43. The fraction of sp³-hybridized carbons (Fsp3) is 0.300. The summed E-state index contributed by atoms with van der Waals surface area (Å²) < 4.78 is 15.6. The average Bonchev–Trinajstić information content (AvgIpc) is 3.11. The zero-order valence-corrected chi connectivity index (χ0v) is 15.3. The van der Waals surface area contributed by atoms with Crippen molar-refractivity contribution in [3.63, 3.8) is 0 Å². The number of carbonyl (C=O) groups is 2. The summed E-state index contributed by atoms with van der Waals surface area (Å²) in [6.45, 7) is 0. The van der Waals surface area contributed by atoms with Gasteiger partial charge in [-0.1, -0.05) is 60.7 Å². The molecule has 8 nitrogen and oxygen atoms in total. The smallest absolute Gasteiger partial charge is 0.351 e. The van der Waals surface area contributed by atoms with Gasteiger partial charge in [0.2, 0.25) is 0 Å². The highest BCUT2D eigenvalue weighted by atomic mass is 16.7. The Kier molecular flexibility index (Phi) is 5.41. The van der Waals surface area contributed by atoms with Crippen LogP contribution in [0.3, 0.4) is 0 Å². The van der Waals surface area contributed by atoms with Gasteiger partial charge < -0.3 is 14.2 Å². The first kappa shape index (κ1) is 19.5. The van der Waals surface area contributed by atoms with E-state index in [0.717, 1.165) is 14.2 Å². The molecule has 0 aromatic heterocycles. The number of carbonyl (C=O) groups excluding carboxylic acids is 2. The summed E-state index contributed by atoms with van der Waals surface area (Å²) in [5.74, 6) is -3.33. The first-order valence-corrected chi connectivity index (χ1v) is 8.55. The molecule has 2 aromatic carbocycles. The number of ether oxygens (including phenoxy) is 3. The van der Waals surface area contributed by atoms with Crippen LogP contribution in [0.4, 0.5) is 0 Å². The molecule has 0 spiro atoms. The lowest BCUT2D eigenvalue weighted by Gasteiger charge is -2.28. The number of esters is 2. The second-order valence-corrected chi connectivity index (χ2v) is 6.33. The average molecular weight is 385 g/mol. The minimum atomic E-state index is -2.30. The Morgan fingerprint density at radius 3 is 1.82 bits per heavy atom. The molecular weight excluding hydrogens is 366 g/mol. The van der Waals surface area contributed by atoms with E-state index in [1.807, 2.05) is 0 Å². The van der Waals surface area contributed by atoms with Crippen LogP contribution in [0.5, 0.6) is 0 Å². The van der Waals surface area contributed by atoms with Crippen LogP contribution >= 0.6 is 0 Å². The molecule has 28 heavy (non-hydrogen) atoms. The van der Waals surface area contributed by atoms with Crippen LogP contribution in [0.2, 0.25) is 0 Å². The van der Waals surface area contributed by atoms with E-state index in [1.54, 1.807) is 60.7 Å². The van der Waals surface area contributed by atoms with Gasteiger partial charge in [0.15, 0.2) is 6.10 Å². The molecule has 0 radical (unpaired) electrons. The predicted octanol–water partition coefficient (Wildman–Crippen LogP) is 2.27. The van der Waals surface area contributed by atoms with E-state index in [-0.39, 0.29) is 0 Å². The van der Waals surface area contributed by atoms with Gasteiger partial charge in [-0.2, -0.15) is 0 Å². The van der Waals surface area contributed by atoms with Gasteiger partial charge in [0.1, 0.15) is 5.92 Å². The third-order valence-corrected chi connectivity index (χ3v) is 4.91. The van der Waals surface area contributed by atoms with E-state index in [0.29, 0.717) is 11.1 Å². The molecule has 1 heterocycles. The monoisotopic (exact) mass is 385 g/mol. The topological polar surface area (TPSA) is 105 Å². The van der Waals surface area contributed by atoms with Crippen LogP contribution < -0.4 is 0 Å². The highest BCUT2D eigenvalue weighted by Gasteiger charge is 2.71.